The van der Waals surface area contributed by atoms with E-state index in [9.17, 15) is 0 Å². The molecule has 0 atom stereocenters. The number of nitrogens with two attached hydrogens (primary N) is 1. The Morgan fingerprint density at radius 1 is 1.44 bits per heavy atom. The number of nitrogens with zero attached hydrogens (tertiary/aromatic N) is 3. The predicted molar refractivity (Wildman–Crippen MR) is 64.5 cm³/mol. The van der Waals surface area contributed by atoms with Gasteiger partial charge in [-0.25, -0.2) is 0 Å². The number of likely N-dealkylation sites (N-methyl/N-ethyl adjacent to an activating group) is 1. The lowest BCUT2D eigenvalue weighted by molar-refractivity contribution is 0.0101. The molecule has 1 saturated heterocycles. The van der Waals surface area contributed by atoms with E-state index in [0.29, 0.717) is 5.96 Å². The van der Waals surface area contributed by atoms with Gasteiger partial charge in [0.25, 0.3) is 0 Å². The fraction of sp³-hybridized carbons (Fsp3) is 0.909. The molecule has 5 heteroatoms. The van der Waals surface area contributed by atoms with E-state index >= 15 is 0 Å². The van der Waals surface area contributed by atoms with Gasteiger partial charge in [0.15, 0.2) is 5.96 Å². The summed E-state index contributed by atoms with van der Waals surface area (Å²) in [4.78, 5) is 8.89. The summed E-state index contributed by atoms with van der Waals surface area (Å²) in [5, 5.41) is 0. The van der Waals surface area contributed by atoms with Crippen LogP contribution in [-0.4, -0.2) is 68.2 Å². The van der Waals surface area contributed by atoms with Gasteiger partial charge in [-0.2, -0.15) is 0 Å². The Morgan fingerprint density at radius 3 is 2.75 bits per heavy atom. The Hall–Kier alpha value is -0.810. The third-order valence-corrected chi connectivity index (χ3v) is 3.58. The SMILES string of the molecule is CN(C)CCN1C(N)=NCC12CCOCC2. The number of ether oxygens (including phenoxy) is 1. The molecule has 2 heterocycles. The molecular weight excluding hydrogens is 204 g/mol. The first-order chi connectivity index (χ1) is 7.64. The summed E-state index contributed by atoms with van der Waals surface area (Å²) >= 11 is 0. The van der Waals surface area contributed by atoms with Crippen LogP contribution < -0.4 is 5.73 Å². The number of hydrogen-bond donors (Lipinski definition) is 1. The van der Waals surface area contributed by atoms with E-state index in [1.165, 1.54) is 0 Å². The Morgan fingerprint density at radius 2 is 2.12 bits per heavy atom. The van der Waals surface area contributed by atoms with Gasteiger partial charge in [0, 0.05) is 26.3 Å². The van der Waals surface area contributed by atoms with Gasteiger partial charge >= 0.3 is 0 Å². The van der Waals surface area contributed by atoms with Crippen LogP contribution >= 0.6 is 0 Å². The maximum atomic E-state index is 5.99. The Labute approximate surface area is 97.2 Å². The number of aliphatic imine (C=N–C) groups is 1. The van der Waals surface area contributed by atoms with Crippen molar-refractivity contribution in [3.8, 4) is 0 Å². The van der Waals surface area contributed by atoms with Gasteiger partial charge in [0.1, 0.15) is 0 Å². The first-order valence-electron chi connectivity index (χ1n) is 5.94. The summed E-state index contributed by atoms with van der Waals surface area (Å²) in [6.45, 7) is 4.49. The van der Waals surface area contributed by atoms with E-state index < -0.39 is 0 Å². The molecule has 16 heavy (non-hydrogen) atoms. The van der Waals surface area contributed by atoms with Crippen LogP contribution in [0.3, 0.4) is 0 Å². The molecule has 92 valence electrons. The molecule has 0 bridgehead atoms. The van der Waals surface area contributed by atoms with Crippen LogP contribution in [0.2, 0.25) is 0 Å². The highest BCUT2D eigenvalue weighted by atomic mass is 16.5. The van der Waals surface area contributed by atoms with E-state index in [2.05, 4.69) is 28.9 Å². The van der Waals surface area contributed by atoms with Gasteiger partial charge in [-0.3, -0.25) is 4.99 Å². The van der Waals surface area contributed by atoms with E-state index in [4.69, 9.17) is 10.5 Å². The van der Waals surface area contributed by atoms with Crippen molar-refractivity contribution in [1.82, 2.24) is 9.80 Å². The summed E-state index contributed by atoms with van der Waals surface area (Å²) in [5.74, 6) is 0.712. The van der Waals surface area contributed by atoms with Gasteiger partial charge < -0.3 is 20.3 Å². The summed E-state index contributed by atoms with van der Waals surface area (Å²) in [6.07, 6.45) is 2.09. The van der Waals surface area contributed by atoms with E-state index in [0.717, 1.165) is 45.7 Å². The zero-order chi connectivity index (χ0) is 11.6. The lowest BCUT2D eigenvalue weighted by atomic mass is 9.89. The topological polar surface area (TPSA) is 54.1 Å². The molecule has 0 aliphatic carbocycles. The molecule has 1 fully saturated rings. The lowest BCUT2D eigenvalue weighted by Crippen LogP contribution is -2.56. The second-order valence-corrected chi connectivity index (χ2v) is 4.97. The molecule has 2 aliphatic rings. The van der Waals surface area contributed by atoms with Gasteiger partial charge in [0.05, 0.1) is 12.1 Å². The third kappa shape index (κ3) is 2.15. The maximum Gasteiger partial charge on any atom is 0.191 e. The fourth-order valence-corrected chi connectivity index (χ4v) is 2.47. The second kappa shape index (κ2) is 4.59. The van der Waals surface area contributed by atoms with Gasteiger partial charge in [-0.1, -0.05) is 0 Å². The molecule has 0 saturated carbocycles. The Bertz CT molecular complexity index is 271. The molecule has 0 amide bonds. The molecule has 0 radical (unpaired) electrons. The second-order valence-electron chi connectivity index (χ2n) is 4.97. The molecule has 0 aromatic heterocycles. The highest BCUT2D eigenvalue weighted by Crippen LogP contribution is 2.31. The Kier molecular flexibility index (Phi) is 3.35. The monoisotopic (exact) mass is 226 g/mol. The van der Waals surface area contributed by atoms with E-state index in [1.807, 2.05) is 0 Å². The standard InChI is InChI=1S/C11H22N4O/c1-14(2)5-6-15-10(12)13-9-11(15)3-7-16-8-4-11/h3-9H2,1-2H3,(H2,12,13). The lowest BCUT2D eigenvalue weighted by Gasteiger charge is -2.42. The predicted octanol–water partition coefficient (Wildman–Crippen LogP) is -0.272. The third-order valence-electron chi connectivity index (χ3n) is 3.58. The van der Waals surface area contributed by atoms with Gasteiger partial charge in [-0.05, 0) is 26.9 Å². The highest BCUT2D eigenvalue weighted by molar-refractivity contribution is 5.81. The average molecular weight is 226 g/mol. The van der Waals surface area contributed by atoms with Crippen molar-refractivity contribution in [2.24, 2.45) is 10.7 Å². The molecular formula is C11H22N4O. The van der Waals surface area contributed by atoms with Crippen molar-refractivity contribution in [2.75, 3.05) is 46.9 Å². The van der Waals surface area contributed by atoms with Crippen LogP contribution in [0.1, 0.15) is 12.8 Å². The minimum absolute atomic E-state index is 0.151. The molecule has 2 N–H and O–H groups in total. The largest absolute Gasteiger partial charge is 0.381 e. The molecule has 0 aromatic rings. The van der Waals surface area contributed by atoms with Crippen LogP contribution in [-0.2, 0) is 4.74 Å². The maximum absolute atomic E-state index is 5.99. The molecule has 0 unspecified atom stereocenters. The van der Waals surface area contributed by atoms with Crippen LogP contribution in [0.4, 0.5) is 0 Å². The smallest absolute Gasteiger partial charge is 0.191 e. The normalized spacial score (nSPS) is 24.2. The number of rotatable bonds is 3. The quantitative estimate of drug-likeness (QED) is 0.719. The molecule has 5 nitrogen and oxygen atoms in total. The van der Waals surface area contributed by atoms with Crippen molar-refractivity contribution >= 4 is 5.96 Å². The number of guanidine groups is 1. The van der Waals surface area contributed by atoms with Crippen LogP contribution in [0.15, 0.2) is 4.99 Å². The average Bonchev–Trinajstić information content (AvgIpc) is 2.55. The molecule has 2 rings (SSSR count). The van der Waals surface area contributed by atoms with Crippen molar-refractivity contribution < 1.29 is 4.74 Å². The minimum atomic E-state index is 0.151. The highest BCUT2D eigenvalue weighted by Gasteiger charge is 2.42. The zero-order valence-electron chi connectivity index (χ0n) is 10.3. The van der Waals surface area contributed by atoms with E-state index in [-0.39, 0.29) is 5.54 Å². The zero-order valence-corrected chi connectivity index (χ0v) is 10.3. The van der Waals surface area contributed by atoms with E-state index in [1.54, 1.807) is 0 Å². The fourth-order valence-electron chi connectivity index (χ4n) is 2.47. The van der Waals surface area contributed by atoms with Crippen molar-refractivity contribution in [2.45, 2.75) is 18.4 Å². The van der Waals surface area contributed by atoms with Gasteiger partial charge in [0.2, 0.25) is 0 Å². The van der Waals surface area contributed by atoms with Crippen LogP contribution in [0.25, 0.3) is 0 Å². The van der Waals surface area contributed by atoms with Crippen molar-refractivity contribution in [3.63, 3.8) is 0 Å². The Balaban J connectivity index is 2.02. The first-order valence-corrected chi connectivity index (χ1v) is 5.94. The molecule has 0 aromatic carbocycles. The minimum Gasteiger partial charge on any atom is -0.381 e. The van der Waals surface area contributed by atoms with Crippen LogP contribution in [0, 0.1) is 0 Å². The summed E-state index contributed by atoms with van der Waals surface area (Å²) in [5.41, 5.74) is 6.14. The van der Waals surface area contributed by atoms with Crippen LogP contribution in [0.5, 0.6) is 0 Å². The summed E-state index contributed by atoms with van der Waals surface area (Å²) in [7, 11) is 4.17. The number of hydrogen-bond acceptors (Lipinski definition) is 5. The summed E-state index contributed by atoms with van der Waals surface area (Å²) < 4.78 is 5.44. The first kappa shape index (κ1) is 11.7. The molecule has 1 spiro atoms. The van der Waals surface area contributed by atoms with Gasteiger partial charge in [-0.15, -0.1) is 0 Å². The van der Waals surface area contributed by atoms with Crippen molar-refractivity contribution in [3.05, 3.63) is 0 Å². The summed E-state index contributed by atoms with van der Waals surface area (Å²) in [6, 6.07) is 0. The molecule has 2 aliphatic heterocycles. The van der Waals surface area contributed by atoms with Crippen molar-refractivity contribution in [1.29, 1.82) is 0 Å².